The second-order valence-corrected chi connectivity index (χ2v) is 8.12. The van der Waals surface area contributed by atoms with Crippen molar-refractivity contribution in [3.63, 3.8) is 0 Å². The fourth-order valence-electron chi connectivity index (χ4n) is 3.04. The van der Waals surface area contributed by atoms with Crippen LogP contribution in [-0.2, 0) is 9.84 Å². The van der Waals surface area contributed by atoms with Crippen LogP contribution >= 0.6 is 0 Å². The third-order valence-corrected chi connectivity index (χ3v) is 5.56. The highest BCUT2D eigenvalue weighted by atomic mass is 32.2. The highest BCUT2D eigenvalue weighted by Crippen LogP contribution is 2.57. The van der Waals surface area contributed by atoms with Crippen LogP contribution in [0.4, 0.5) is 13.2 Å². The van der Waals surface area contributed by atoms with Crippen LogP contribution in [0, 0.1) is 17.2 Å². The zero-order valence-corrected chi connectivity index (χ0v) is 13.4. The minimum absolute atomic E-state index is 0.202. The van der Waals surface area contributed by atoms with Crippen molar-refractivity contribution in [3.05, 3.63) is 23.3 Å². The maximum absolute atomic E-state index is 14.3. The zero-order valence-electron chi connectivity index (χ0n) is 12.5. The summed E-state index contributed by atoms with van der Waals surface area (Å²) in [5.41, 5.74) is -1.28. The van der Waals surface area contributed by atoms with E-state index in [1.165, 1.54) is 0 Å². The molecule has 1 aromatic rings. The molecular weight excluding hydrogens is 347 g/mol. The summed E-state index contributed by atoms with van der Waals surface area (Å²) in [7, 11) is -3.94. The van der Waals surface area contributed by atoms with E-state index in [-0.39, 0.29) is 11.7 Å². The summed E-state index contributed by atoms with van der Waals surface area (Å²) in [5.74, 6) is -4.56. The van der Waals surface area contributed by atoms with Gasteiger partial charge in [-0.1, -0.05) is 0 Å². The molecule has 130 valence electrons. The van der Waals surface area contributed by atoms with Crippen LogP contribution in [-0.4, -0.2) is 31.8 Å². The van der Waals surface area contributed by atoms with E-state index >= 15 is 0 Å². The molecule has 2 atom stereocenters. The number of ether oxygens (including phenoxy) is 1. The van der Waals surface area contributed by atoms with Gasteiger partial charge < -0.3 is 9.84 Å². The Kier molecular flexibility index (Phi) is 3.81. The van der Waals surface area contributed by atoms with Crippen LogP contribution in [0.2, 0.25) is 0 Å². The molecule has 0 bridgehead atoms. The van der Waals surface area contributed by atoms with Gasteiger partial charge >= 0.3 is 5.92 Å². The first-order chi connectivity index (χ1) is 11.1. The number of aliphatic hydroxyl groups is 1. The third kappa shape index (κ3) is 2.45. The SMILES string of the molecule is CS(=O)(=O)c1ccc(O[C@H]2C[C@H](C#N)C2)c2c1[C@H](O)C(F)(F)[C@@H]2F. The zero-order chi connectivity index (χ0) is 17.9. The molecular formula is C15H14F3NO4S. The van der Waals surface area contributed by atoms with Crippen LogP contribution < -0.4 is 4.74 Å². The summed E-state index contributed by atoms with van der Waals surface area (Å²) in [6.45, 7) is 0. The molecule has 1 saturated carbocycles. The fraction of sp³-hybridized carbons (Fsp3) is 0.533. The Morgan fingerprint density at radius 2 is 1.96 bits per heavy atom. The Hall–Kier alpha value is -1.79. The monoisotopic (exact) mass is 361 g/mol. The van der Waals surface area contributed by atoms with E-state index in [2.05, 4.69) is 0 Å². The molecule has 3 rings (SSSR count). The Morgan fingerprint density at radius 1 is 1.33 bits per heavy atom. The van der Waals surface area contributed by atoms with Crippen molar-refractivity contribution in [2.45, 2.75) is 42.0 Å². The summed E-state index contributed by atoms with van der Waals surface area (Å²) in [6, 6.07) is 4.18. The number of hydrogen-bond acceptors (Lipinski definition) is 5. The smallest absolute Gasteiger partial charge is 0.312 e. The highest BCUT2D eigenvalue weighted by molar-refractivity contribution is 7.90. The van der Waals surface area contributed by atoms with E-state index in [0.29, 0.717) is 12.8 Å². The van der Waals surface area contributed by atoms with E-state index in [1.54, 1.807) is 0 Å². The van der Waals surface area contributed by atoms with Crippen LogP contribution in [0.5, 0.6) is 5.75 Å². The van der Waals surface area contributed by atoms with Crippen molar-refractivity contribution in [1.82, 2.24) is 0 Å². The maximum atomic E-state index is 14.3. The van der Waals surface area contributed by atoms with Crippen molar-refractivity contribution >= 4 is 9.84 Å². The quantitative estimate of drug-likeness (QED) is 0.894. The average Bonchev–Trinajstić information content (AvgIpc) is 2.63. The summed E-state index contributed by atoms with van der Waals surface area (Å²) < 4.78 is 71.1. The van der Waals surface area contributed by atoms with Gasteiger partial charge in [0, 0.05) is 30.2 Å². The van der Waals surface area contributed by atoms with Gasteiger partial charge in [-0.05, 0) is 12.1 Å². The van der Waals surface area contributed by atoms with Crippen LogP contribution in [0.3, 0.4) is 0 Å². The normalized spacial score (nSPS) is 31.0. The molecule has 5 nitrogen and oxygen atoms in total. The number of rotatable bonds is 3. The molecule has 0 saturated heterocycles. The number of nitrogens with zero attached hydrogens (tertiary/aromatic N) is 1. The van der Waals surface area contributed by atoms with Crippen molar-refractivity contribution in [1.29, 1.82) is 5.26 Å². The van der Waals surface area contributed by atoms with Gasteiger partial charge in [0.25, 0.3) is 0 Å². The molecule has 0 spiro atoms. The lowest BCUT2D eigenvalue weighted by Crippen LogP contribution is -2.33. The Morgan fingerprint density at radius 3 is 2.50 bits per heavy atom. The summed E-state index contributed by atoms with van der Waals surface area (Å²) in [5, 5.41) is 18.5. The molecule has 9 heteroatoms. The van der Waals surface area contributed by atoms with Gasteiger partial charge in [0.05, 0.1) is 16.9 Å². The molecule has 1 fully saturated rings. The first kappa shape index (κ1) is 17.0. The summed E-state index contributed by atoms with van der Waals surface area (Å²) in [4.78, 5) is -0.541. The molecule has 0 unspecified atom stereocenters. The molecule has 0 heterocycles. The predicted octanol–water partition coefficient (Wildman–Crippen LogP) is 2.46. The van der Waals surface area contributed by atoms with E-state index in [0.717, 1.165) is 18.4 Å². The van der Waals surface area contributed by atoms with Crippen LogP contribution in [0.25, 0.3) is 0 Å². The van der Waals surface area contributed by atoms with Gasteiger partial charge in [-0.15, -0.1) is 0 Å². The predicted molar refractivity (Wildman–Crippen MR) is 76.1 cm³/mol. The molecule has 0 radical (unpaired) electrons. The lowest BCUT2D eigenvalue weighted by atomic mass is 9.83. The first-order valence-corrected chi connectivity index (χ1v) is 9.09. The average molecular weight is 361 g/mol. The number of hydrogen-bond donors (Lipinski definition) is 1. The standard InChI is InChI=1S/C15H14F3NO4S/c1-24(21,22)10-3-2-9(23-8-4-7(5-8)6-19)11-12(10)14(20)15(17,18)13(11)16/h2-3,7-8,13-14,20H,4-5H2,1H3/t7-,8-,13-,14+/m1/s1. The lowest BCUT2D eigenvalue weighted by Gasteiger charge is -2.31. The minimum atomic E-state index is -4.14. The maximum Gasteiger partial charge on any atom is 0.312 e. The van der Waals surface area contributed by atoms with Gasteiger partial charge in [-0.3, -0.25) is 0 Å². The number of sulfone groups is 1. The van der Waals surface area contributed by atoms with Crippen molar-refractivity contribution < 1.29 is 31.4 Å². The Bertz CT molecular complexity index is 828. The first-order valence-electron chi connectivity index (χ1n) is 7.20. The number of benzene rings is 1. The molecule has 1 N–H and O–H groups in total. The Balaban J connectivity index is 2.07. The van der Waals surface area contributed by atoms with Gasteiger partial charge in [0.15, 0.2) is 16.0 Å². The second-order valence-electron chi connectivity index (χ2n) is 6.14. The molecule has 0 amide bonds. The summed E-state index contributed by atoms with van der Waals surface area (Å²) >= 11 is 0. The second kappa shape index (κ2) is 5.36. The van der Waals surface area contributed by atoms with Crippen molar-refractivity contribution in [2.24, 2.45) is 5.92 Å². The Labute approximate surface area is 136 Å². The van der Waals surface area contributed by atoms with E-state index in [1.807, 2.05) is 6.07 Å². The minimum Gasteiger partial charge on any atom is -0.490 e. The van der Waals surface area contributed by atoms with Gasteiger partial charge in [-0.2, -0.15) is 14.0 Å². The number of fused-ring (bicyclic) bond motifs is 1. The fourth-order valence-corrected chi connectivity index (χ4v) is 3.97. The molecule has 1 aromatic carbocycles. The van der Waals surface area contributed by atoms with Crippen molar-refractivity contribution in [2.75, 3.05) is 6.26 Å². The molecule has 2 aliphatic carbocycles. The largest absolute Gasteiger partial charge is 0.490 e. The van der Waals surface area contributed by atoms with E-state index < -0.39 is 50.2 Å². The number of alkyl halides is 3. The van der Waals surface area contributed by atoms with E-state index in [9.17, 15) is 26.7 Å². The van der Waals surface area contributed by atoms with Gasteiger partial charge in [-0.25, -0.2) is 12.8 Å². The molecule has 2 aliphatic rings. The number of aliphatic hydroxyl groups excluding tert-OH is 1. The van der Waals surface area contributed by atoms with Crippen LogP contribution in [0.1, 0.15) is 36.2 Å². The number of halogens is 3. The van der Waals surface area contributed by atoms with Crippen LogP contribution in [0.15, 0.2) is 17.0 Å². The van der Waals surface area contributed by atoms with Gasteiger partial charge in [0.1, 0.15) is 18.0 Å². The topological polar surface area (TPSA) is 87.4 Å². The molecule has 24 heavy (non-hydrogen) atoms. The lowest BCUT2D eigenvalue weighted by molar-refractivity contribution is -0.144. The molecule has 0 aliphatic heterocycles. The highest BCUT2D eigenvalue weighted by Gasteiger charge is 2.59. The van der Waals surface area contributed by atoms with Crippen molar-refractivity contribution in [3.8, 4) is 11.8 Å². The molecule has 0 aromatic heterocycles. The van der Waals surface area contributed by atoms with Gasteiger partial charge in [0.2, 0.25) is 0 Å². The number of nitriles is 1. The third-order valence-electron chi connectivity index (χ3n) is 4.41. The summed E-state index contributed by atoms with van der Waals surface area (Å²) in [6.07, 6.45) is -4.30. The van der Waals surface area contributed by atoms with E-state index in [4.69, 9.17) is 10.00 Å².